The maximum absolute atomic E-state index is 12.6. The zero-order valence-electron chi connectivity index (χ0n) is 27.1. The standard InChI is InChI=1S/C41H39N3O3/c1-29(2)41(46,35-22-20-31(21-23-35)37-26-36(43-30(3)45)24-25-38(37)47-4)39-27-44(28-42-39)40(32-14-8-5-9-15-32,33-16-10-6-11-17-33)34-18-12-7-13-19-34/h5-29,46H,1-4H3,(H,43,45). The van der Waals surface area contributed by atoms with Crippen molar-refractivity contribution in [2.24, 2.45) is 5.92 Å². The van der Waals surface area contributed by atoms with E-state index in [9.17, 15) is 9.90 Å². The first-order valence-corrected chi connectivity index (χ1v) is 15.8. The molecule has 2 N–H and O–H groups in total. The average molecular weight is 622 g/mol. The lowest BCUT2D eigenvalue weighted by atomic mass is 9.76. The molecule has 0 bridgehead atoms. The molecule has 0 saturated heterocycles. The Morgan fingerprint density at radius 3 is 1.77 bits per heavy atom. The van der Waals surface area contributed by atoms with Gasteiger partial charge < -0.3 is 19.7 Å². The highest BCUT2D eigenvalue weighted by Gasteiger charge is 2.42. The Labute approximate surface area is 276 Å². The third kappa shape index (κ3) is 5.73. The van der Waals surface area contributed by atoms with E-state index in [-0.39, 0.29) is 11.8 Å². The Bertz CT molecular complexity index is 1860. The van der Waals surface area contributed by atoms with Crippen LogP contribution in [0.15, 0.2) is 146 Å². The molecule has 1 heterocycles. The zero-order chi connectivity index (χ0) is 33.0. The van der Waals surface area contributed by atoms with Gasteiger partial charge >= 0.3 is 0 Å². The zero-order valence-corrected chi connectivity index (χ0v) is 27.1. The van der Waals surface area contributed by atoms with Crippen molar-refractivity contribution in [2.45, 2.75) is 31.9 Å². The molecule has 6 rings (SSSR count). The van der Waals surface area contributed by atoms with E-state index in [4.69, 9.17) is 9.72 Å². The molecule has 6 aromatic rings. The van der Waals surface area contributed by atoms with Crippen LogP contribution in [0.5, 0.6) is 5.75 Å². The number of carbonyl (C=O) groups is 1. The minimum absolute atomic E-state index is 0.145. The SMILES string of the molecule is COc1ccc(NC(C)=O)cc1-c1ccc(C(O)(c2cn(C(c3ccccc3)(c3ccccc3)c3ccccc3)cn2)C(C)C)cc1. The fourth-order valence-electron chi connectivity index (χ4n) is 6.58. The van der Waals surface area contributed by atoms with E-state index in [1.807, 2.05) is 87.0 Å². The number of ether oxygens (including phenoxy) is 1. The largest absolute Gasteiger partial charge is 0.496 e. The lowest BCUT2D eigenvalue weighted by Crippen LogP contribution is -2.37. The van der Waals surface area contributed by atoms with Crippen molar-refractivity contribution in [2.75, 3.05) is 12.4 Å². The van der Waals surface area contributed by atoms with Crippen molar-refractivity contribution in [3.8, 4) is 16.9 Å². The van der Waals surface area contributed by atoms with Gasteiger partial charge in [0.25, 0.3) is 0 Å². The van der Waals surface area contributed by atoms with Crippen LogP contribution in [0.3, 0.4) is 0 Å². The molecule has 0 fully saturated rings. The van der Waals surface area contributed by atoms with Crippen LogP contribution >= 0.6 is 0 Å². The number of methoxy groups -OCH3 is 1. The Kier molecular flexibility index (Phi) is 8.79. The van der Waals surface area contributed by atoms with Gasteiger partial charge in [-0.1, -0.05) is 129 Å². The second kappa shape index (κ2) is 13.1. The minimum atomic E-state index is -1.39. The number of amides is 1. The second-order valence-corrected chi connectivity index (χ2v) is 12.1. The van der Waals surface area contributed by atoms with E-state index in [1.165, 1.54) is 6.92 Å². The molecular weight excluding hydrogens is 582 g/mol. The van der Waals surface area contributed by atoms with Crippen molar-refractivity contribution in [1.82, 2.24) is 9.55 Å². The minimum Gasteiger partial charge on any atom is -0.496 e. The number of hydrogen-bond donors (Lipinski definition) is 2. The number of benzene rings is 5. The van der Waals surface area contributed by atoms with Gasteiger partial charge in [-0.2, -0.15) is 0 Å². The number of aromatic nitrogens is 2. The number of carbonyl (C=O) groups excluding carboxylic acids is 1. The predicted octanol–water partition coefficient (Wildman–Crippen LogP) is 8.25. The summed E-state index contributed by atoms with van der Waals surface area (Å²) in [7, 11) is 1.62. The Hall–Kier alpha value is -5.46. The van der Waals surface area contributed by atoms with Gasteiger partial charge in [-0.25, -0.2) is 4.98 Å². The van der Waals surface area contributed by atoms with E-state index >= 15 is 0 Å². The summed E-state index contributed by atoms with van der Waals surface area (Å²) in [6, 6.07) is 44.6. The predicted molar refractivity (Wildman–Crippen MR) is 187 cm³/mol. The van der Waals surface area contributed by atoms with Crippen LogP contribution < -0.4 is 10.1 Å². The first kappa shape index (κ1) is 31.5. The van der Waals surface area contributed by atoms with Crippen LogP contribution in [-0.4, -0.2) is 27.7 Å². The number of rotatable bonds is 10. The maximum atomic E-state index is 12.6. The Morgan fingerprint density at radius 2 is 1.30 bits per heavy atom. The van der Waals surface area contributed by atoms with Gasteiger partial charge in [0.2, 0.25) is 5.91 Å². The molecule has 236 valence electrons. The molecule has 5 aromatic carbocycles. The third-order valence-corrected chi connectivity index (χ3v) is 8.93. The molecule has 0 spiro atoms. The fraction of sp³-hybridized carbons (Fsp3) is 0.171. The van der Waals surface area contributed by atoms with Crippen LogP contribution in [0.25, 0.3) is 11.1 Å². The highest BCUT2D eigenvalue weighted by atomic mass is 16.5. The Morgan fingerprint density at radius 1 is 0.766 bits per heavy atom. The van der Waals surface area contributed by atoms with Crippen molar-refractivity contribution in [1.29, 1.82) is 0 Å². The van der Waals surface area contributed by atoms with Crippen LogP contribution in [0.1, 0.15) is 48.7 Å². The van der Waals surface area contributed by atoms with Gasteiger partial charge in [-0.05, 0) is 51.9 Å². The van der Waals surface area contributed by atoms with Crippen LogP contribution in [-0.2, 0) is 15.9 Å². The van der Waals surface area contributed by atoms with Crippen LogP contribution in [0.2, 0.25) is 0 Å². The number of nitrogens with zero attached hydrogens (tertiary/aromatic N) is 2. The summed E-state index contributed by atoms with van der Waals surface area (Å²) < 4.78 is 7.76. The summed E-state index contributed by atoms with van der Waals surface area (Å²) in [5.74, 6) is 0.339. The van der Waals surface area contributed by atoms with Crippen molar-refractivity contribution in [3.63, 3.8) is 0 Å². The first-order chi connectivity index (χ1) is 22.8. The quantitative estimate of drug-likeness (QED) is 0.151. The molecule has 0 saturated carbocycles. The first-order valence-electron chi connectivity index (χ1n) is 15.8. The number of aliphatic hydroxyl groups is 1. The van der Waals surface area contributed by atoms with E-state index < -0.39 is 11.1 Å². The third-order valence-electron chi connectivity index (χ3n) is 8.93. The van der Waals surface area contributed by atoms with Gasteiger partial charge in [0, 0.05) is 24.4 Å². The molecule has 1 atom stereocenters. The summed E-state index contributed by atoms with van der Waals surface area (Å²) in [5, 5.41) is 15.4. The summed E-state index contributed by atoms with van der Waals surface area (Å²) >= 11 is 0. The maximum Gasteiger partial charge on any atom is 0.221 e. The smallest absolute Gasteiger partial charge is 0.221 e. The normalized spacial score (nSPS) is 12.8. The monoisotopic (exact) mass is 621 g/mol. The van der Waals surface area contributed by atoms with Crippen molar-refractivity contribution in [3.05, 3.63) is 174 Å². The number of nitrogens with one attached hydrogen (secondary N) is 1. The highest BCUT2D eigenvalue weighted by molar-refractivity contribution is 5.90. The van der Waals surface area contributed by atoms with Gasteiger partial charge in [0.15, 0.2) is 0 Å². The molecule has 0 aliphatic rings. The van der Waals surface area contributed by atoms with E-state index in [0.717, 1.165) is 33.4 Å². The van der Waals surface area contributed by atoms with Crippen LogP contribution in [0, 0.1) is 5.92 Å². The van der Waals surface area contributed by atoms with E-state index in [0.29, 0.717) is 17.1 Å². The molecule has 6 heteroatoms. The number of anilines is 1. The molecule has 1 amide bonds. The molecule has 6 nitrogen and oxygen atoms in total. The van der Waals surface area contributed by atoms with Gasteiger partial charge in [-0.3, -0.25) is 4.79 Å². The topological polar surface area (TPSA) is 76.4 Å². The Balaban J connectivity index is 1.48. The second-order valence-electron chi connectivity index (χ2n) is 12.1. The summed E-state index contributed by atoms with van der Waals surface area (Å²) in [6.45, 7) is 5.49. The lowest BCUT2D eigenvalue weighted by molar-refractivity contribution is -0.114. The summed E-state index contributed by atoms with van der Waals surface area (Å²) in [4.78, 5) is 16.6. The molecular formula is C41H39N3O3. The highest BCUT2D eigenvalue weighted by Crippen LogP contribution is 2.43. The summed E-state index contributed by atoms with van der Waals surface area (Å²) in [6.07, 6.45) is 3.82. The molecule has 1 aromatic heterocycles. The lowest BCUT2D eigenvalue weighted by Gasteiger charge is -2.37. The van der Waals surface area contributed by atoms with Crippen molar-refractivity contribution >= 4 is 11.6 Å². The molecule has 0 aliphatic carbocycles. The average Bonchev–Trinajstić information content (AvgIpc) is 3.60. The summed E-state index contributed by atoms with van der Waals surface area (Å²) in [5.41, 5.74) is 4.79. The van der Waals surface area contributed by atoms with Gasteiger partial charge in [0.1, 0.15) is 16.9 Å². The fourth-order valence-corrected chi connectivity index (χ4v) is 6.58. The number of imidazole rings is 1. The van der Waals surface area contributed by atoms with Crippen molar-refractivity contribution < 1.29 is 14.6 Å². The number of hydrogen-bond acceptors (Lipinski definition) is 4. The van der Waals surface area contributed by atoms with Crippen LogP contribution in [0.4, 0.5) is 5.69 Å². The molecule has 0 aliphatic heterocycles. The van der Waals surface area contributed by atoms with Gasteiger partial charge in [0.05, 0.1) is 19.1 Å². The van der Waals surface area contributed by atoms with E-state index in [2.05, 4.69) is 82.7 Å². The van der Waals surface area contributed by atoms with Gasteiger partial charge in [-0.15, -0.1) is 0 Å². The molecule has 0 radical (unpaired) electrons. The molecule has 1 unspecified atom stereocenters. The molecule has 47 heavy (non-hydrogen) atoms. The van der Waals surface area contributed by atoms with E-state index in [1.54, 1.807) is 7.11 Å².